The number of rotatable bonds is 8. The van der Waals surface area contributed by atoms with Crippen LogP contribution in [0, 0.1) is 0 Å². The van der Waals surface area contributed by atoms with Gasteiger partial charge in [-0.3, -0.25) is 4.90 Å². The van der Waals surface area contributed by atoms with E-state index in [0.29, 0.717) is 17.6 Å². The van der Waals surface area contributed by atoms with Crippen molar-refractivity contribution in [2.45, 2.75) is 18.8 Å². The van der Waals surface area contributed by atoms with Gasteiger partial charge >= 0.3 is 0 Å². The first-order valence-corrected chi connectivity index (χ1v) is 11.4. The minimum Gasteiger partial charge on any atom is -0.350 e. The van der Waals surface area contributed by atoms with Gasteiger partial charge in [-0.05, 0) is 16.2 Å². The molecule has 2 unspecified atom stereocenters. The highest BCUT2D eigenvalue weighted by Crippen LogP contribution is 2.29. The lowest BCUT2D eigenvalue weighted by Crippen LogP contribution is -2.26. The predicted molar refractivity (Wildman–Crippen MR) is 120 cm³/mol. The minimum atomic E-state index is 0.0958. The normalized spacial score (nSPS) is 20.6. The quantitative estimate of drug-likeness (QED) is 0.523. The standard InChI is InChI=1S/C23H25NO2P2/c1-4-10-19(11-5-1)16-24-17-22(25-27-20-12-6-2-7-13-20)23(18-24)26-28-21-14-8-3-9-15-21/h1-15,22-23,27-28H,16-18H2/t22-,23-/m1/s1. The van der Waals surface area contributed by atoms with E-state index in [-0.39, 0.29) is 12.2 Å². The fraction of sp³-hybridized carbons (Fsp3) is 0.217. The smallest absolute Gasteiger partial charge is 0.102 e. The molecule has 1 heterocycles. The average Bonchev–Trinajstić information content (AvgIpc) is 3.14. The predicted octanol–water partition coefficient (Wildman–Crippen LogP) is 4.11. The molecule has 5 heteroatoms. The van der Waals surface area contributed by atoms with Crippen LogP contribution in [0.5, 0.6) is 0 Å². The molecule has 144 valence electrons. The third kappa shape index (κ3) is 5.70. The number of hydrogen-bond donors (Lipinski definition) is 0. The van der Waals surface area contributed by atoms with Crippen LogP contribution in [0.15, 0.2) is 91.0 Å². The van der Waals surface area contributed by atoms with E-state index < -0.39 is 0 Å². The number of likely N-dealkylation sites (tertiary alicyclic amines) is 1. The molecule has 0 amide bonds. The molecular weight excluding hydrogens is 384 g/mol. The Labute approximate surface area is 170 Å². The zero-order chi connectivity index (χ0) is 19.0. The lowest BCUT2D eigenvalue weighted by Gasteiger charge is -2.19. The van der Waals surface area contributed by atoms with Crippen LogP contribution in [0.25, 0.3) is 0 Å². The van der Waals surface area contributed by atoms with E-state index in [2.05, 4.69) is 83.8 Å². The zero-order valence-electron chi connectivity index (χ0n) is 15.7. The van der Waals surface area contributed by atoms with Gasteiger partial charge in [-0.2, -0.15) is 0 Å². The van der Waals surface area contributed by atoms with Gasteiger partial charge < -0.3 is 9.05 Å². The van der Waals surface area contributed by atoms with Crippen LogP contribution in [-0.4, -0.2) is 30.2 Å². The van der Waals surface area contributed by atoms with E-state index in [1.807, 2.05) is 12.1 Å². The molecule has 28 heavy (non-hydrogen) atoms. The van der Waals surface area contributed by atoms with Crippen molar-refractivity contribution in [1.29, 1.82) is 0 Å². The van der Waals surface area contributed by atoms with Crippen molar-refractivity contribution in [2.75, 3.05) is 13.1 Å². The molecule has 0 aliphatic carbocycles. The number of hydrogen-bond acceptors (Lipinski definition) is 3. The highest BCUT2D eigenvalue weighted by molar-refractivity contribution is 7.42. The van der Waals surface area contributed by atoms with E-state index in [0.717, 1.165) is 19.6 Å². The topological polar surface area (TPSA) is 21.7 Å². The van der Waals surface area contributed by atoms with Gasteiger partial charge in [-0.15, -0.1) is 0 Å². The summed E-state index contributed by atoms with van der Waals surface area (Å²) >= 11 is 0. The molecule has 0 aromatic heterocycles. The molecule has 4 atom stereocenters. The summed E-state index contributed by atoms with van der Waals surface area (Å²) in [6, 6.07) is 31.4. The molecule has 4 rings (SSSR count). The van der Waals surface area contributed by atoms with Gasteiger partial charge in [0.05, 0.1) is 0 Å². The van der Waals surface area contributed by atoms with Crippen molar-refractivity contribution in [3.63, 3.8) is 0 Å². The van der Waals surface area contributed by atoms with Crippen LogP contribution < -0.4 is 10.6 Å². The van der Waals surface area contributed by atoms with Crippen molar-refractivity contribution in [3.05, 3.63) is 96.6 Å². The minimum absolute atomic E-state index is 0.0958. The van der Waals surface area contributed by atoms with Gasteiger partial charge in [0.2, 0.25) is 0 Å². The first-order valence-electron chi connectivity index (χ1n) is 9.56. The molecule has 3 aromatic carbocycles. The van der Waals surface area contributed by atoms with Crippen molar-refractivity contribution in [2.24, 2.45) is 0 Å². The second kappa shape index (κ2) is 10.3. The van der Waals surface area contributed by atoms with Crippen LogP contribution in [0.2, 0.25) is 0 Å². The fourth-order valence-electron chi connectivity index (χ4n) is 3.32. The first kappa shape index (κ1) is 19.7. The van der Waals surface area contributed by atoms with Crippen LogP contribution in [0.3, 0.4) is 0 Å². The van der Waals surface area contributed by atoms with E-state index >= 15 is 0 Å². The summed E-state index contributed by atoms with van der Waals surface area (Å²) in [5, 5.41) is 2.46. The molecule has 3 aromatic rings. The summed E-state index contributed by atoms with van der Waals surface area (Å²) in [6.07, 6.45) is 0.192. The first-order chi connectivity index (χ1) is 13.9. The Morgan fingerprint density at radius 1 is 0.643 bits per heavy atom. The molecule has 3 nitrogen and oxygen atoms in total. The fourth-order valence-corrected chi connectivity index (χ4v) is 5.00. The molecular formula is C23H25NO2P2. The van der Waals surface area contributed by atoms with Crippen molar-refractivity contribution < 1.29 is 9.05 Å². The number of benzene rings is 3. The second-order valence-electron chi connectivity index (χ2n) is 6.93. The van der Waals surface area contributed by atoms with Gasteiger partial charge in [-0.1, -0.05) is 91.0 Å². The Bertz CT molecular complexity index is 781. The van der Waals surface area contributed by atoms with Gasteiger partial charge in [0.15, 0.2) is 0 Å². The Balaban J connectivity index is 1.39. The summed E-state index contributed by atoms with van der Waals surface area (Å²) in [4.78, 5) is 2.44. The van der Waals surface area contributed by atoms with Gasteiger partial charge in [0.1, 0.15) is 12.2 Å². The van der Waals surface area contributed by atoms with E-state index in [9.17, 15) is 0 Å². The molecule has 0 N–H and O–H groups in total. The maximum atomic E-state index is 6.32. The van der Waals surface area contributed by atoms with Crippen LogP contribution in [0.1, 0.15) is 5.56 Å². The maximum Gasteiger partial charge on any atom is 0.102 e. The lowest BCUT2D eigenvalue weighted by atomic mass is 10.2. The Morgan fingerprint density at radius 3 is 1.54 bits per heavy atom. The summed E-state index contributed by atoms with van der Waals surface area (Å²) in [6.45, 7) is 2.74. The second-order valence-corrected chi connectivity index (χ2v) is 8.96. The SMILES string of the molecule is c1ccc(CN2C[C@@H](OPc3ccccc3)[C@H](OPc3ccccc3)C2)cc1. The van der Waals surface area contributed by atoms with Crippen molar-refractivity contribution >= 4 is 28.2 Å². The Kier molecular flexibility index (Phi) is 7.22. The molecule has 0 radical (unpaired) electrons. The third-order valence-corrected chi connectivity index (χ3v) is 6.72. The summed E-state index contributed by atoms with van der Waals surface area (Å²) in [7, 11) is 0.699. The van der Waals surface area contributed by atoms with Gasteiger partial charge in [0.25, 0.3) is 0 Å². The molecule has 1 aliphatic rings. The number of nitrogens with zero attached hydrogens (tertiary/aromatic N) is 1. The highest BCUT2D eigenvalue weighted by atomic mass is 31.1. The molecule has 0 bridgehead atoms. The van der Waals surface area contributed by atoms with Crippen LogP contribution in [-0.2, 0) is 15.6 Å². The summed E-state index contributed by atoms with van der Waals surface area (Å²) in [5.74, 6) is 0. The van der Waals surface area contributed by atoms with Crippen LogP contribution in [0.4, 0.5) is 0 Å². The average molecular weight is 409 g/mol. The lowest BCUT2D eigenvalue weighted by molar-refractivity contribution is 0.120. The third-order valence-electron chi connectivity index (χ3n) is 4.74. The molecule has 1 saturated heterocycles. The van der Waals surface area contributed by atoms with Gasteiger partial charge in [0, 0.05) is 37.2 Å². The van der Waals surface area contributed by atoms with E-state index in [1.54, 1.807) is 0 Å². The van der Waals surface area contributed by atoms with E-state index in [1.165, 1.54) is 16.2 Å². The molecule has 0 saturated carbocycles. The Morgan fingerprint density at radius 2 is 1.07 bits per heavy atom. The Hall–Kier alpha value is -1.60. The maximum absolute atomic E-state index is 6.32. The largest absolute Gasteiger partial charge is 0.350 e. The molecule has 0 spiro atoms. The summed E-state index contributed by atoms with van der Waals surface area (Å²) in [5.41, 5.74) is 1.33. The zero-order valence-corrected chi connectivity index (χ0v) is 17.7. The molecule has 1 fully saturated rings. The highest BCUT2D eigenvalue weighted by Gasteiger charge is 2.34. The van der Waals surface area contributed by atoms with E-state index in [4.69, 9.17) is 9.05 Å². The monoisotopic (exact) mass is 409 g/mol. The van der Waals surface area contributed by atoms with Crippen molar-refractivity contribution in [1.82, 2.24) is 4.90 Å². The molecule has 1 aliphatic heterocycles. The van der Waals surface area contributed by atoms with Crippen molar-refractivity contribution in [3.8, 4) is 0 Å². The van der Waals surface area contributed by atoms with Gasteiger partial charge in [-0.25, -0.2) is 0 Å². The van der Waals surface area contributed by atoms with Crippen LogP contribution >= 0.6 is 17.6 Å². The summed E-state index contributed by atoms with van der Waals surface area (Å²) < 4.78 is 12.6.